The molecular weight excluding hydrogens is 1350 g/mol. The Hall–Kier alpha value is -11.2. The quantitative estimate of drug-likeness (QED) is 0.0323. The molecule has 0 radical (unpaired) electrons. The van der Waals surface area contributed by atoms with Crippen LogP contribution < -0.4 is 51.3 Å². The van der Waals surface area contributed by atoms with Crippen molar-refractivity contribution in [2.24, 2.45) is 0 Å². The molecule has 5 saturated heterocycles. The van der Waals surface area contributed by atoms with Crippen molar-refractivity contribution < 1.29 is 18.9 Å². The molecule has 12 heterocycles. The van der Waals surface area contributed by atoms with Gasteiger partial charge in [-0.3, -0.25) is 4.90 Å². The van der Waals surface area contributed by atoms with Gasteiger partial charge in [-0.05, 0) is 128 Å². The van der Waals surface area contributed by atoms with E-state index in [1.165, 1.54) is 33.8 Å². The van der Waals surface area contributed by atoms with E-state index in [-0.39, 0.29) is 6.10 Å². The van der Waals surface area contributed by atoms with E-state index in [2.05, 4.69) is 246 Å². The van der Waals surface area contributed by atoms with Gasteiger partial charge in [0.2, 0.25) is 17.8 Å². The smallest absolute Gasteiger partial charge is 0.231 e. The Morgan fingerprint density at radius 1 is 0.421 bits per heavy atom. The second-order valence-electron chi connectivity index (χ2n) is 27.7. The van der Waals surface area contributed by atoms with Gasteiger partial charge in [-0.25, -0.2) is 15.0 Å². The van der Waals surface area contributed by atoms with Gasteiger partial charge in [0.1, 0.15) is 28.4 Å². The van der Waals surface area contributed by atoms with Gasteiger partial charge in [-0.15, -0.1) is 0 Å². The number of nitrogens with zero attached hydrogens (tertiary/aromatic N) is 14. The molecule has 0 spiro atoms. The number of morpholine rings is 3. The molecule has 6 aromatic heterocycles. The number of hydrogen-bond acceptors (Lipinski definition) is 24. The first-order chi connectivity index (χ1) is 52.9. The maximum atomic E-state index is 6.17. The lowest BCUT2D eigenvalue weighted by Crippen LogP contribution is -2.43. The van der Waals surface area contributed by atoms with Gasteiger partial charge in [-0.1, -0.05) is 78.9 Å². The summed E-state index contributed by atoms with van der Waals surface area (Å²) < 4.78 is 22.5. The number of piperidine rings is 2. The van der Waals surface area contributed by atoms with Gasteiger partial charge in [0.25, 0.3) is 0 Å². The minimum Gasteiger partial charge on any atom is -0.488 e. The number of imidazole rings is 3. The fourth-order valence-corrected chi connectivity index (χ4v) is 14.9. The van der Waals surface area contributed by atoms with Crippen molar-refractivity contribution in [1.29, 1.82) is 0 Å². The van der Waals surface area contributed by atoms with Crippen LogP contribution in [0.4, 0.5) is 69.4 Å². The van der Waals surface area contributed by atoms with Gasteiger partial charge in [0.15, 0.2) is 34.4 Å². The largest absolute Gasteiger partial charge is 0.488 e. The Labute approximate surface area is 622 Å². The predicted molar refractivity (Wildman–Crippen MR) is 423 cm³/mol. The molecule has 1 unspecified atom stereocenters. The number of ether oxygens (including phenoxy) is 4. The molecule has 12 aromatic rings. The van der Waals surface area contributed by atoms with E-state index in [4.69, 9.17) is 28.9 Å². The fraction of sp³-hybridized carbons (Fsp3) is 0.362. The second kappa shape index (κ2) is 33.9. The molecule has 27 heteroatoms. The van der Waals surface area contributed by atoms with Gasteiger partial charge in [0.05, 0.1) is 58.6 Å². The minimum atomic E-state index is 0.245. The Kier molecular flexibility index (Phi) is 22.2. The monoisotopic (exact) mass is 1440 g/mol. The maximum Gasteiger partial charge on any atom is 0.231 e. The third-order valence-corrected chi connectivity index (χ3v) is 20.6. The molecule has 107 heavy (non-hydrogen) atoms. The molecule has 0 bridgehead atoms. The summed E-state index contributed by atoms with van der Waals surface area (Å²) in [5.41, 5.74) is 14.9. The number of aromatic nitrogens is 12. The zero-order valence-corrected chi connectivity index (χ0v) is 60.4. The molecule has 5 fully saturated rings. The molecule has 9 N–H and O–H groups in total. The van der Waals surface area contributed by atoms with E-state index < -0.39 is 0 Å². The molecule has 6 aliphatic rings. The van der Waals surface area contributed by atoms with Crippen LogP contribution in [-0.4, -0.2) is 213 Å². The zero-order valence-electron chi connectivity index (χ0n) is 60.4. The third-order valence-electron chi connectivity index (χ3n) is 20.6. The van der Waals surface area contributed by atoms with Crippen molar-refractivity contribution in [2.75, 3.05) is 171 Å². The predicted octanol–water partition coefficient (Wildman–Crippen LogP) is 11.8. The fourth-order valence-electron chi connectivity index (χ4n) is 14.9. The van der Waals surface area contributed by atoms with Crippen LogP contribution in [0.2, 0.25) is 0 Å². The lowest BCUT2D eigenvalue weighted by Gasteiger charge is -2.35. The molecule has 6 aliphatic heterocycles. The molecule has 552 valence electrons. The van der Waals surface area contributed by atoms with Gasteiger partial charge in [0, 0.05) is 144 Å². The van der Waals surface area contributed by atoms with E-state index in [0.717, 1.165) is 214 Å². The van der Waals surface area contributed by atoms with Gasteiger partial charge in [-0.2, -0.15) is 29.9 Å². The van der Waals surface area contributed by atoms with Crippen molar-refractivity contribution in [3.8, 4) is 5.75 Å². The average molecular weight is 1440 g/mol. The summed E-state index contributed by atoms with van der Waals surface area (Å²) >= 11 is 0. The SMILES string of the molecule is CCNc1nc(Nc2ccc(N3CCOCC3)cc2)nc2nc[nH]c12.c1ccc(C(CN2CCC(Nc3nc(Nc4ccc(N5CCOCC5)cc4)nc4nc[nH]c34)CC2)c2ccccc2)cc1.c1ccc2c(c1)CC(CN1CCC(Nc3nc(Nc4ccc(N5CCOCC5)cc4)nc4nc[nH]c34)CC1)O2. The maximum absolute atomic E-state index is 6.17. The standard InChI is InChI=1S/C34H38N8O.C29H34N8O2.C17H21N7O/c1-3-7-25(8-4-1)30(26-9-5-2-6-10-26)23-41-17-15-28(16-18-41)37-33-31-32(36-24-35-31)39-34(40-33)38-27-11-13-29(14-12-27)42-19-21-43-22-20-42;1-2-4-25-20(3-1)17-24(39-25)18-36-11-9-22(10-12-36)32-28-26-27(31-19-30-26)34-29(35-28)33-21-5-7-23(8-6-21)37-13-15-38-16-14-37;1-2-18-15-14-16(20-11-19-14)23-17(22-15)21-12-3-5-13(6-4-12)24-7-9-25-10-8-24/h1-14,24,28,30H,15-23H2,(H3,35,36,37,38,39,40);1-8,19,22,24H,9-18H2,(H3,30,31,32,33,34,35);3-6,11H,2,7-10H2,1H3,(H3,18,19,20,21,22,23). The summed E-state index contributed by atoms with van der Waals surface area (Å²) in [6, 6.07) is 55.9. The number of likely N-dealkylation sites (tertiary alicyclic amines) is 2. The highest BCUT2D eigenvalue weighted by atomic mass is 16.5. The summed E-state index contributed by atoms with van der Waals surface area (Å²) in [6.45, 7) is 19.1. The van der Waals surface area contributed by atoms with Crippen LogP contribution in [0.3, 0.4) is 0 Å². The molecule has 18 rings (SSSR count). The van der Waals surface area contributed by atoms with Crippen LogP contribution in [0.1, 0.15) is 55.2 Å². The Bertz CT molecular complexity index is 4720. The molecule has 0 amide bonds. The zero-order chi connectivity index (χ0) is 71.9. The van der Waals surface area contributed by atoms with Crippen LogP contribution in [0.5, 0.6) is 5.75 Å². The third kappa shape index (κ3) is 17.7. The Balaban J connectivity index is 0.000000127. The molecule has 6 aromatic carbocycles. The van der Waals surface area contributed by atoms with Gasteiger partial charge >= 0.3 is 0 Å². The van der Waals surface area contributed by atoms with E-state index >= 15 is 0 Å². The summed E-state index contributed by atoms with van der Waals surface area (Å²) in [7, 11) is 0. The number of hydrogen-bond donors (Lipinski definition) is 9. The lowest BCUT2D eigenvalue weighted by molar-refractivity contribution is 0.122. The molecule has 0 aliphatic carbocycles. The summed E-state index contributed by atoms with van der Waals surface area (Å²) in [4.78, 5) is 62.7. The summed E-state index contributed by atoms with van der Waals surface area (Å²) in [6.07, 6.45) is 10.4. The summed E-state index contributed by atoms with van der Waals surface area (Å²) in [5.74, 6) is 5.32. The first kappa shape index (κ1) is 70.1. The van der Waals surface area contributed by atoms with Crippen LogP contribution in [0.15, 0.2) is 177 Å². The number of benzene rings is 6. The van der Waals surface area contributed by atoms with E-state index in [1.807, 2.05) is 25.1 Å². The highest BCUT2D eigenvalue weighted by molar-refractivity contribution is 5.86. The van der Waals surface area contributed by atoms with Crippen molar-refractivity contribution in [3.05, 3.63) is 193 Å². The molecule has 27 nitrogen and oxygen atoms in total. The normalized spacial score (nSPS) is 17.4. The number of anilines is 12. The van der Waals surface area contributed by atoms with Crippen LogP contribution in [0.25, 0.3) is 33.5 Å². The highest BCUT2D eigenvalue weighted by Crippen LogP contribution is 2.34. The number of para-hydroxylation sites is 1. The van der Waals surface area contributed by atoms with Crippen LogP contribution in [0, 0.1) is 0 Å². The van der Waals surface area contributed by atoms with Crippen molar-refractivity contribution in [2.45, 2.75) is 63.1 Å². The van der Waals surface area contributed by atoms with Crippen molar-refractivity contribution in [1.82, 2.24) is 69.6 Å². The number of aromatic amines is 3. The Morgan fingerprint density at radius 2 is 0.804 bits per heavy atom. The van der Waals surface area contributed by atoms with E-state index in [9.17, 15) is 0 Å². The molecular formula is C80H93N23O4. The van der Waals surface area contributed by atoms with E-state index in [1.54, 1.807) is 19.0 Å². The number of nitrogens with one attached hydrogen (secondary N) is 9. The first-order valence-corrected chi connectivity index (χ1v) is 37.7. The summed E-state index contributed by atoms with van der Waals surface area (Å²) in [5, 5.41) is 20.6. The van der Waals surface area contributed by atoms with Crippen LogP contribution >= 0.6 is 0 Å². The second-order valence-corrected chi connectivity index (χ2v) is 27.7. The lowest BCUT2D eigenvalue weighted by atomic mass is 9.90. The number of fused-ring (bicyclic) bond motifs is 4. The minimum absolute atomic E-state index is 0.245. The Morgan fingerprint density at radius 3 is 1.21 bits per heavy atom. The van der Waals surface area contributed by atoms with Crippen molar-refractivity contribution in [3.63, 3.8) is 0 Å². The topological polar surface area (TPSA) is 289 Å². The number of rotatable bonds is 21. The highest BCUT2D eigenvalue weighted by Gasteiger charge is 2.30. The van der Waals surface area contributed by atoms with Crippen LogP contribution in [-0.2, 0) is 20.6 Å². The van der Waals surface area contributed by atoms with Gasteiger partial charge < -0.3 is 85.4 Å². The molecule has 0 saturated carbocycles. The average Bonchev–Trinajstić information content (AvgIpc) is 1.77. The van der Waals surface area contributed by atoms with Crippen molar-refractivity contribution >= 4 is 103 Å². The number of H-pyrrole nitrogens is 3. The van der Waals surface area contributed by atoms with E-state index in [0.29, 0.717) is 52.8 Å². The molecule has 1 atom stereocenters. The first-order valence-electron chi connectivity index (χ1n) is 37.7.